The number of pyridine rings is 1. The van der Waals surface area contributed by atoms with Gasteiger partial charge >= 0.3 is 0 Å². The maximum atomic E-state index is 13.1. The van der Waals surface area contributed by atoms with Gasteiger partial charge in [-0.25, -0.2) is 0 Å². The van der Waals surface area contributed by atoms with E-state index in [2.05, 4.69) is 16.0 Å². The summed E-state index contributed by atoms with van der Waals surface area (Å²) in [7, 11) is 1.68. The number of carbonyl (C=O) groups excluding carboxylic acids is 2. The number of hydrogen-bond acceptors (Lipinski definition) is 4. The van der Waals surface area contributed by atoms with Crippen LogP contribution in [-0.4, -0.2) is 36.0 Å². The number of halogens is 1. The molecular formula is C23H29ClN4O3. The highest BCUT2D eigenvalue weighted by atomic mass is 35.5. The van der Waals surface area contributed by atoms with E-state index in [9.17, 15) is 14.4 Å². The molecule has 2 aromatic rings. The Balaban J connectivity index is 1.74. The van der Waals surface area contributed by atoms with Crippen LogP contribution in [0.5, 0.6) is 0 Å². The van der Waals surface area contributed by atoms with Gasteiger partial charge in [-0.05, 0) is 75.4 Å². The molecule has 3 N–H and O–H groups in total. The van der Waals surface area contributed by atoms with E-state index in [0.717, 1.165) is 42.5 Å². The van der Waals surface area contributed by atoms with Crippen LogP contribution in [0, 0.1) is 0 Å². The number of amides is 2. The number of aryl methyl sites for hydroxylation is 1. The molecule has 166 valence electrons. The molecule has 0 saturated carbocycles. The molecule has 7 nitrogen and oxygen atoms in total. The normalized spacial score (nSPS) is 13.9. The summed E-state index contributed by atoms with van der Waals surface area (Å²) in [4.78, 5) is 38.0. The Bertz CT molecular complexity index is 1020. The third kappa shape index (κ3) is 5.95. The molecule has 1 aliphatic rings. The molecule has 31 heavy (non-hydrogen) atoms. The lowest BCUT2D eigenvalue weighted by Gasteiger charge is -2.23. The molecular weight excluding hydrogens is 416 g/mol. The van der Waals surface area contributed by atoms with Crippen molar-refractivity contribution in [1.82, 2.24) is 15.2 Å². The molecule has 1 atom stereocenters. The van der Waals surface area contributed by atoms with Gasteiger partial charge in [0.05, 0.1) is 6.04 Å². The molecule has 1 heterocycles. The van der Waals surface area contributed by atoms with E-state index in [1.807, 2.05) is 24.3 Å². The Labute approximate surface area is 187 Å². The Morgan fingerprint density at radius 3 is 2.71 bits per heavy atom. The van der Waals surface area contributed by atoms with E-state index in [-0.39, 0.29) is 29.6 Å². The zero-order valence-electron chi connectivity index (χ0n) is 18.0. The number of nitrogens with one attached hydrogen (secondary N) is 3. The first kappa shape index (κ1) is 23.0. The van der Waals surface area contributed by atoms with E-state index in [1.165, 1.54) is 4.57 Å². The molecule has 0 aliphatic heterocycles. The third-order valence-corrected chi connectivity index (χ3v) is 5.85. The van der Waals surface area contributed by atoms with E-state index in [1.54, 1.807) is 20.0 Å². The zero-order chi connectivity index (χ0) is 22.4. The molecule has 0 bridgehead atoms. The largest absolute Gasteiger partial charge is 0.354 e. The average molecular weight is 445 g/mol. The lowest BCUT2D eigenvalue weighted by Crippen LogP contribution is -2.40. The number of fused-ring (bicyclic) bond motifs is 1. The van der Waals surface area contributed by atoms with Gasteiger partial charge in [0.2, 0.25) is 11.8 Å². The van der Waals surface area contributed by atoms with Gasteiger partial charge in [0, 0.05) is 17.3 Å². The molecule has 0 fully saturated rings. The Hall–Kier alpha value is -2.64. The maximum Gasteiger partial charge on any atom is 0.275 e. The molecule has 0 unspecified atom stereocenters. The Morgan fingerprint density at radius 1 is 1.19 bits per heavy atom. The van der Waals surface area contributed by atoms with Gasteiger partial charge in [0.1, 0.15) is 12.2 Å². The highest BCUT2D eigenvalue weighted by Crippen LogP contribution is 2.22. The second-order valence-electron chi connectivity index (χ2n) is 7.86. The smallest absolute Gasteiger partial charge is 0.275 e. The van der Waals surface area contributed by atoms with Crippen molar-refractivity contribution in [3.8, 4) is 0 Å². The van der Waals surface area contributed by atoms with Crippen LogP contribution in [-0.2, 0) is 35.4 Å². The lowest BCUT2D eigenvalue weighted by molar-refractivity contribution is -0.121. The van der Waals surface area contributed by atoms with Gasteiger partial charge in [-0.2, -0.15) is 0 Å². The van der Waals surface area contributed by atoms with Crippen molar-refractivity contribution in [3.63, 3.8) is 0 Å². The fraction of sp³-hybridized carbons (Fsp3) is 0.435. The summed E-state index contributed by atoms with van der Waals surface area (Å²) in [5.74, 6) is -0.517. The summed E-state index contributed by atoms with van der Waals surface area (Å²) in [5.41, 5.74) is 2.82. The molecule has 8 heteroatoms. The minimum Gasteiger partial charge on any atom is -0.354 e. The topological polar surface area (TPSA) is 92.2 Å². The second-order valence-corrected chi connectivity index (χ2v) is 8.29. The van der Waals surface area contributed by atoms with Crippen molar-refractivity contribution in [2.24, 2.45) is 0 Å². The minimum absolute atomic E-state index is 0.0675. The summed E-state index contributed by atoms with van der Waals surface area (Å²) in [6, 6.07) is 8.84. The molecule has 0 saturated heterocycles. The minimum atomic E-state index is -0.432. The monoisotopic (exact) mass is 444 g/mol. The zero-order valence-corrected chi connectivity index (χ0v) is 18.7. The summed E-state index contributed by atoms with van der Waals surface area (Å²) in [5, 5.41) is 9.12. The molecule has 1 aliphatic carbocycles. The molecule has 0 radical (unpaired) electrons. The number of benzene rings is 1. The predicted octanol–water partition coefficient (Wildman–Crippen LogP) is 2.29. The summed E-state index contributed by atoms with van der Waals surface area (Å²) < 4.78 is 1.52. The van der Waals surface area contributed by atoms with E-state index < -0.39 is 6.04 Å². The van der Waals surface area contributed by atoms with Crippen LogP contribution < -0.4 is 21.5 Å². The number of rotatable bonds is 8. The molecule has 1 aromatic heterocycles. The number of likely N-dealkylation sites (N-methyl/N-ethyl adjacent to an activating group) is 1. The van der Waals surface area contributed by atoms with Crippen molar-refractivity contribution >= 4 is 29.1 Å². The molecule has 0 spiro atoms. The van der Waals surface area contributed by atoms with E-state index >= 15 is 0 Å². The van der Waals surface area contributed by atoms with Crippen molar-refractivity contribution in [1.29, 1.82) is 0 Å². The molecule has 3 rings (SSSR count). The van der Waals surface area contributed by atoms with Crippen LogP contribution in [0.3, 0.4) is 0 Å². The fourth-order valence-electron chi connectivity index (χ4n) is 3.75. The SMILES string of the molecule is CN[C@@H](C)C(=O)Nc1cc2c(n(CC(=O)NCCc3cccc(Cl)c3)c1=O)CCCC2. The van der Waals surface area contributed by atoms with Crippen molar-refractivity contribution in [3.05, 3.63) is 62.5 Å². The fourth-order valence-corrected chi connectivity index (χ4v) is 3.96. The highest BCUT2D eigenvalue weighted by molar-refractivity contribution is 6.30. The highest BCUT2D eigenvalue weighted by Gasteiger charge is 2.21. The van der Waals surface area contributed by atoms with Gasteiger partial charge in [-0.1, -0.05) is 23.7 Å². The number of carbonyl (C=O) groups is 2. The van der Waals surface area contributed by atoms with Crippen LogP contribution in [0.25, 0.3) is 0 Å². The molecule has 2 amide bonds. The van der Waals surface area contributed by atoms with Crippen LogP contribution in [0.1, 0.15) is 36.6 Å². The van der Waals surface area contributed by atoms with Crippen molar-refractivity contribution in [2.75, 3.05) is 18.9 Å². The van der Waals surface area contributed by atoms with Crippen molar-refractivity contribution in [2.45, 2.75) is 51.6 Å². The Kier molecular flexibility index (Phi) is 7.87. The van der Waals surface area contributed by atoms with Gasteiger partial charge in [-0.15, -0.1) is 0 Å². The average Bonchev–Trinajstić information content (AvgIpc) is 2.76. The van der Waals surface area contributed by atoms with Gasteiger partial charge in [0.15, 0.2) is 0 Å². The Morgan fingerprint density at radius 2 is 1.97 bits per heavy atom. The van der Waals surface area contributed by atoms with Gasteiger partial charge < -0.3 is 20.5 Å². The second kappa shape index (κ2) is 10.6. The molecule has 1 aromatic carbocycles. The number of hydrogen-bond donors (Lipinski definition) is 3. The van der Waals surface area contributed by atoms with Crippen LogP contribution in [0.2, 0.25) is 5.02 Å². The van der Waals surface area contributed by atoms with Crippen molar-refractivity contribution < 1.29 is 9.59 Å². The standard InChI is InChI=1S/C23H29ClN4O3/c1-15(25-2)22(30)27-19-13-17-7-3-4-9-20(17)28(23(19)31)14-21(29)26-11-10-16-6-5-8-18(24)12-16/h5-6,8,12-13,15,25H,3-4,7,9-11,14H2,1-2H3,(H,26,29)(H,27,30)/t15-/m0/s1. The van der Waals surface area contributed by atoms with Gasteiger partial charge in [-0.3, -0.25) is 14.4 Å². The van der Waals surface area contributed by atoms with Crippen LogP contribution >= 0.6 is 11.6 Å². The summed E-state index contributed by atoms with van der Waals surface area (Å²) >= 11 is 6.00. The predicted molar refractivity (Wildman–Crippen MR) is 123 cm³/mol. The van der Waals surface area contributed by atoms with Gasteiger partial charge in [0.25, 0.3) is 5.56 Å². The quantitative estimate of drug-likeness (QED) is 0.582. The van der Waals surface area contributed by atoms with E-state index in [4.69, 9.17) is 11.6 Å². The number of anilines is 1. The van der Waals surface area contributed by atoms with E-state index in [0.29, 0.717) is 18.0 Å². The van der Waals surface area contributed by atoms with Crippen LogP contribution in [0.4, 0.5) is 5.69 Å². The first-order chi connectivity index (χ1) is 14.9. The first-order valence-corrected chi connectivity index (χ1v) is 11.0. The first-order valence-electron chi connectivity index (χ1n) is 10.6. The van der Waals surface area contributed by atoms with Crippen LogP contribution in [0.15, 0.2) is 35.1 Å². The third-order valence-electron chi connectivity index (χ3n) is 5.61. The summed E-state index contributed by atoms with van der Waals surface area (Å²) in [6.45, 7) is 2.11. The summed E-state index contributed by atoms with van der Waals surface area (Å²) in [6.07, 6.45) is 4.23. The number of nitrogens with zero attached hydrogens (tertiary/aromatic N) is 1. The number of aromatic nitrogens is 1. The lowest BCUT2D eigenvalue weighted by atomic mass is 9.95. The maximum absolute atomic E-state index is 13.1.